The molecule has 0 saturated carbocycles. The average Bonchev–Trinajstić information content (AvgIpc) is 3.26. The number of nitrogens with one attached hydrogen (secondary N) is 1. The van der Waals surface area contributed by atoms with Gasteiger partial charge >= 0.3 is 0 Å². The molecule has 2 atom stereocenters. The van der Waals surface area contributed by atoms with Crippen molar-refractivity contribution in [3.05, 3.63) is 110 Å². The maximum atomic E-state index is 6.66. The molecule has 0 unspecified atom stereocenters. The number of halogens is 3. The van der Waals surface area contributed by atoms with Crippen LogP contribution in [0.4, 0.5) is 5.95 Å². The lowest BCUT2D eigenvalue weighted by molar-refractivity contribution is 0.223. The highest BCUT2D eigenvalue weighted by Gasteiger charge is 2.41. The highest BCUT2D eigenvalue weighted by atomic mass is 35.5. The maximum absolute atomic E-state index is 6.66. The van der Waals surface area contributed by atoms with Crippen molar-refractivity contribution < 1.29 is 4.74 Å². The van der Waals surface area contributed by atoms with E-state index >= 15 is 0 Å². The van der Waals surface area contributed by atoms with E-state index in [1.54, 1.807) is 12.4 Å². The highest BCUT2D eigenvalue weighted by molar-refractivity contribution is 6.35. The van der Waals surface area contributed by atoms with Crippen LogP contribution >= 0.6 is 34.8 Å². The minimum absolute atomic E-state index is 0.272. The Morgan fingerprint density at radius 1 is 0.906 bits per heavy atom. The van der Waals surface area contributed by atoms with Crippen LogP contribution in [0.5, 0.6) is 5.75 Å². The molecule has 3 heterocycles. The SMILES string of the molecule is Clc1ccc([C@H]2C3=C(Nc4ncnn42)c2ccccc2O[C@H]3c2ccc(Cl)cc2Cl)cc1. The van der Waals surface area contributed by atoms with Gasteiger partial charge in [0.2, 0.25) is 5.95 Å². The number of ether oxygens (including phenoxy) is 1. The quantitative estimate of drug-likeness (QED) is 0.342. The summed E-state index contributed by atoms with van der Waals surface area (Å²) in [5.41, 5.74) is 4.70. The smallest absolute Gasteiger partial charge is 0.226 e. The van der Waals surface area contributed by atoms with E-state index in [0.29, 0.717) is 21.0 Å². The van der Waals surface area contributed by atoms with Crippen LogP contribution in [0.1, 0.15) is 28.8 Å². The van der Waals surface area contributed by atoms with Crippen molar-refractivity contribution in [3.63, 3.8) is 0 Å². The van der Waals surface area contributed by atoms with Gasteiger partial charge < -0.3 is 10.1 Å². The van der Waals surface area contributed by atoms with E-state index in [4.69, 9.17) is 39.5 Å². The second kappa shape index (κ2) is 7.55. The van der Waals surface area contributed by atoms with Crippen molar-refractivity contribution in [1.29, 1.82) is 0 Å². The van der Waals surface area contributed by atoms with Crippen molar-refractivity contribution in [2.75, 3.05) is 5.32 Å². The van der Waals surface area contributed by atoms with Gasteiger partial charge in [0.15, 0.2) is 6.10 Å². The van der Waals surface area contributed by atoms with Crippen molar-refractivity contribution >= 4 is 46.4 Å². The molecule has 0 amide bonds. The fraction of sp³-hybridized carbons (Fsp3) is 0.0833. The molecule has 6 rings (SSSR count). The molecule has 0 fully saturated rings. The lowest BCUT2D eigenvalue weighted by Gasteiger charge is -2.39. The summed E-state index contributed by atoms with van der Waals surface area (Å²) in [5.74, 6) is 1.42. The predicted molar refractivity (Wildman–Crippen MR) is 126 cm³/mol. The van der Waals surface area contributed by atoms with Gasteiger partial charge in [-0.15, -0.1) is 0 Å². The molecule has 0 bridgehead atoms. The van der Waals surface area contributed by atoms with Gasteiger partial charge in [0.25, 0.3) is 0 Å². The van der Waals surface area contributed by atoms with E-state index in [1.807, 2.05) is 65.3 Å². The zero-order chi connectivity index (χ0) is 21.8. The minimum atomic E-state index is -0.463. The van der Waals surface area contributed by atoms with E-state index in [0.717, 1.165) is 33.7 Å². The predicted octanol–water partition coefficient (Wildman–Crippen LogP) is 6.80. The van der Waals surface area contributed by atoms with Crippen molar-refractivity contribution in [3.8, 4) is 5.75 Å². The molecular formula is C24H15Cl3N4O. The summed E-state index contributed by atoms with van der Waals surface area (Å²) in [6, 6.07) is 20.8. The first kappa shape index (κ1) is 19.7. The molecule has 8 heteroatoms. The monoisotopic (exact) mass is 480 g/mol. The Morgan fingerprint density at radius 3 is 2.50 bits per heavy atom. The molecule has 1 aromatic heterocycles. The van der Waals surface area contributed by atoms with Gasteiger partial charge in [0.05, 0.1) is 5.70 Å². The number of hydrogen-bond acceptors (Lipinski definition) is 4. The number of aromatic nitrogens is 3. The summed E-state index contributed by atoms with van der Waals surface area (Å²) in [6.45, 7) is 0. The Balaban J connectivity index is 1.64. The van der Waals surface area contributed by atoms with E-state index in [1.165, 1.54) is 0 Å². The normalized spacial score (nSPS) is 18.8. The molecule has 3 aromatic carbocycles. The largest absolute Gasteiger partial charge is 0.480 e. The summed E-state index contributed by atoms with van der Waals surface area (Å²) in [7, 11) is 0. The zero-order valence-electron chi connectivity index (χ0n) is 16.5. The first-order chi connectivity index (χ1) is 15.6. The van der Waals surface area contributed by atoms with E-state index < -0.39 is 6.10 Å². The zero-order valence-corrected chi connectivity index (χ0v) is 18.7. The molecule has 0 spiro atoms. The molecule has 2 aliphatic heterocycles. The highest BCUT2D eigenvalue weighted by Crippen LogP contribution is 2.51. The number of rotatable bonds is 2. The second-order valence-corrected chi connectivity index (χ2v) is 8.88. The summed E-state index contributed by atoms with van der Waals surface area (Å²) >= 11 is 19.0. The van der Waals surface area contributed by atoms with Crippen LogP contribution in [0.2, 0.25) is 15.1 Å². The number of para-hydroxylation sites is 1. The summed E-state index contributed by atoms with van der Waals surface area (Å²) in [4.78, 5) is 4.44. The van der Waals surface area contributed by atoms with Gasteiger partial charge in [-0.2, -0.15) is 10.1 Å². The Bertz CT molecular complexity index is 1380. The molecule has 0 radical (unpaired) electrons. The Labute approximate surface area is 199 Å². The first-order valence-corrected chi connectivity index (χ1v) is 11.1. The standard InChI is InChI=1S/C24H15Cl3N4O/c25-14-7-5-13(6-8-14)22-20-21(30-24-28-12-29-31(22)24)17-3-1-2-4-19(17)32-23(20)16-10-9-15(26)11-18(16)27/h1-12,22-23H,(H,28,29,30)/t22-,23-/m0/s1. The third-order valence-corrected chi connectivity index (χ3v) is 6.57. The fourth-order valence-electron chi connectivity index (χ4n) is 4.36. The number of hydrogen-bond donors (Lipinski definition) is 1. The lowest BCUT2D eigenvalue weighted by atomic mass is 9.84. The number of anilines is 1. The van der Waals surface area contributed by atoms with Crippen molar-refractivity contribution in [1.82, 2.24) is 14.8 Å². The number of benzene rings is 3. The van der Waals surface area contributed by atoms with Crippen LogP contribution in [-0.4, -0.2) is 14.8 Å². The third kappa shape index (κ3) is 3.08. The van der Waals surface area contributed by atoms with Crippen LogP contribution in [0.3, 0.4) is 0 Å². The van der Waals surface area contributed by atoms with Crippen LogP contribution in [-0.2, 0) is 0 Å². The van der Waals surface area contributed by atoms with E-state index in [-0.39, 0.29) is 6.04 Å². The van der Waals surface area contributed by atoms with Crippen LogP contribution in [0.15, 0.2) is 78.6 Å². The third-order valence-electron chi connectivity index (χ3n) is 5.75. The summed E-state index contributed by atoms with van der Waals surface area (Å²) in [6.07, 6.45) is 1.08. The number of nitrogens with zero attached hydrogens (tertiary/aromatic N) is 3. The molecule has 0 aliphatic carbocycles. The molecule has 32 heavy (non-hydrogen) atoms. The van der Waals surface area contributed by atoms with Gasteiger partial charge in [0, 0.05) is 31.8 Å². The topological polar surface area (TPSA) is 52.0 Å². The van der Waals surface area contributed by atoms with E-state index in [2.05, 4.69) is 15.4 Å². The summed E-state index contributed by atoms with van der Waals surface area (Å²) in [5, 5.41) is 9.75. The molecule has 2 aliphatic rings. The van der Waals surface area contributed by atoms with E-state index in [9.17, 15) is 0 Å². The molecular weight excluding hydrogens is 467 g/mol. The Kier molecular flexibility index (Phi) is 4.65. The fourth-order valence-corrected chi connectivity index (χ4v) is 4.99. The minimum Gasteiger partial charge on any atom is -0.480 e. The first-order valence-electron chi connectivity index (χ1n) is 9.97. The van der Waals surface area contributed by atoms with Crippen LogP contribution in [0.25, 0.3) is 5.70 Å². The molecule has 5 nitrogen and oxygen atoms in total. The van der Waals surface area contributed by atoms with Crippen LogP contribution < -0.4 is 10.1 Å². The number of fused-ring (bicyclic) bond motifs is 3. The van der Waals surface area contributed by atoms with Crippen LogP contribution in [0, 0.1) is 0 Å². The van der Waals surface area contributed by atoms with Gasteiger partial charge in [-0.05, 0) is 42.0 Å². The van der Waals surface area contributed by atoms with Crippen molar-refractivity contribution in [2.45, 2.75) is 12.1 Å². The van der Waals surface area contributed by atoms with Gasteiger partial charge in [-0.25, -0.2) is 4.68 Å². The maximum Gasteiger partial charge on any atom is 0.226 e. The van der Waals surface area contributed by atoms with Gasteiger partial charge in [-0.3, -0.25) is 0 Å². The Hall–Kier alpha value is -2.99. The van der Waals surface area contributed by atoms with Crippen molar-refractivity contribution in [2.24, 2.45) is 0 Å². The van der Waals surface area contributed by atoms with Gasteiger partial charge in [0.1, 0.15) is 18.1 Å². The lowest BCUT2D eigenvalue weighted by Crippen LogP contribution is -2.32. The summed E-state index contributed by atoms with van der Waals surface area (Å²) < 4.78 is 8.42. The molecule has 1 N–H and O–H groups in total. The molecule has 0 saturated heterocycles. The average molecular weight is 482 g/mol. The molecule has 4 aromatic rings. The Morgan fingerprint density at radius 2 is 1.69 bits per heavy atom. The second-order valence-electron chi connectivity index (χ2n) is 7.60. The molecule has 158 valence electrons. The van der Waals surface area contributed by atoms with Gasteiger partial charge in [-0.1, -0.05) is 65.1 Å².